The van der Waals surface area contributed by atoms with Gasteiger partial charge in [-0.2, -0.15) is 0 Å². The number of nitrogens with one attached hydrogen (secondary N) is 1. The van der Waals surface area contributed by atoms with E-state index in [1.54, 1.807) is 4.90 Å². The lowest BCUT2D eigenvalue weighted by molar-refractivity contribution is -0.0447. The van der Waals surface area contributed by atoms with Gasteiger partial charge in [0.1, 0.15) is 0 Å². The van der Waals surface area contributed by atoms with Crippen molar-refractivity contribution in [1.29, 1.82) is 0 Å². The number of aliphatic hydroxyl groups excluding tert-OH is 1. The summed E-state index contributed by atoms with van der Waals surface area (Å²) in [7, 11) is 0. The van der Waals surface area contributed by atoms with Gasteiger partial charge in [0, 0.05) is 30.9 Å². The standard InChI is InChI=1S/C16H24N2O3/c1-3-6-17-13-4-5-15(12(2)9-13)16(20)18-7-8-21-14(10-18)11-19/h4-5,9,14,17,19H,3,6-8,10-11H2,1-2H3. The molecule has 1 aromatic carbocycles. The summed E-state index contributed by atoms with van der Waals surface area (Å²) in [6, 6.07) is 5.83. The molecule has 1 heterocycles. The average molecular weight is 292 g/mol. The van der Waals surface area contributed by atoms with Crippen molar-refractivity contribution < 1.29 is 14.6 Å². The highest BCUT2D eigenvalue weighted by molar-refractivity contribution is 5.96. The molecule has 5 heteroatoms. The van der Waals surface area contributed by atoms with Crippen LogP contribution in [0.4, 0.5) is 5.69 Å². The number of ether oxygens (including phenoxy) is 1. The Bertz CT molecular complexity index is 490. The molecule has 0 aromatic heterocycles. The molecule has 1 saturated heterocycles. The number of carbonyl (C=O) groups is 1. The zero-order valence-corrected chi connectivity index (χ0v) is 12.8. The molecule has 2 N–H and O–H groups in total. The number of nitrogens with zero attached hydrogens (tertiary/aromatic N) is 1. The summed E-state index contributed by atoms with van der Waals surface area (Å²) in [6.07, 6.45) is 0.796. The van der Waals surface area contributed by atoms with Gasteiger partial charge in [-0.15, -0.1) is 0 Å². The van der Waals surface area contributed by atoms with Crippen molar-refractivity contribution in [3.63, 3.8) is 0 Å². The lowest BCUT2D eigenvalue weighted by atomic mass is 10.1. The molecule has 0 saturated carbocycles. The number of carbonyl (C=O) groups excluding carboxylic acids is 1. The topological polar surface area (TPSA) is 61.8 Å². The number of hydrogen-bond donors (Lipinski definition) is 2. The van der Waals surface area contributed by atoms with Gasteiger partial charge in [-0.05, 0) is 37.1 Å². The first-order valence-corrected chi connectivity index (χ1v) is 7.52. The summed E-state index contributed by atoms with van der Waals surface area (Å²) < 4.78 is 5.38. The van der Waals surface area contributed by atoms with Crippen LogP contribution < -0.4 is 5.32 Å². The maximum atomic E-state index is 12.6. The zero-order valence-electron chi connectivity index (χ0n) is 12.8. The smallest absolute Gasteiger partial charge is 0.254 e. The first-order chi connectivity index (χ1) is 10.2. The maximum Gasteiger partial charge on any atom is 0.254 e. The Kier molecular flexibility index (Phi) is 5.59. The fourth-order valence-electron chi connectivity index (χ4n) is 2.47. The largest absolute Gasteiger partial charge is 0.394 e. The van der Waals surface area contributed by atoms with Crippen LogP contribution in [0.2, 0.25) is 0 Å². The van der Waals surface area contributed by atoms with Crippen molar-refractivity contribution in [3.05, 3.63) is 29.3 Å². The zero-order chi connectivity index (χ0) is 15.2. The number of aryl methyl sites for hydroxylation is 1. The quantitative estimate of drug-likeness (QED) is 0.866. The van der Waals surface area contributed by atoms with Crippen LogP contribution in [0.5, 0.6) is 0 Å². The Morgan fingerprint density at radius 3 is 3.00 bits per heavy atom. The first kappa shape index (κ1) is 15.8. The van der Waals surface area contributed by atoms with E-state index in [1.165, 1.54) is 0 Å². The van der Waals surface area contributed by atoms with E-state index in [4.69, 9.17) is 9.84 Å². The number of morpholine rings is 1. The van der Waals surface area contributed by atoms with Crippen LogP contribution in [0.15, 0.2) is 18.2 Å². The van der Waals surface area contributed by atoms with E-state index in [2.05, 4.69) is 12.2 Å². The molecule has 5 nitrogen and oxygen atoms in total. The highest BCUT2D eigenvalue weighted by Gasteiger charge is 2.25. The molecular weight excluding hydrogens is 268 g/mol. The summed E-state index contributed by atoms with van der Waals surface area (Å²) in [5.41, 5.74) is 2.73. The van der Waals surface area contributed by atoms with E-state index in [0.717, 1.165) is 29.8 Å². The number of anilines is 1. The van der Waals surface area contributed by atoms with E-state index in [1.807, 2.05) is 25.1 Å². The van der Waals surface area contributed by atoms with Crippen molar-refractivity contribution in [2.75, 3.05) is 38.2 Å². The molecule has 116 valence electrons. The van der Waals surface area contributed by atoms with Gasteiger partial charge < -0.3 is 20.1 Å². The molecule has 1 aliphatic heterocycles. The second kappa shape index (κ2) is 7.43. The van der Waals surface area contributed by atoms with Crippen molar-refractivity contribution in [1.82, 2.24) is 4.90 Å². The van der Waals surface area contributed by atoms with E-state index in [9.17, 15) is 4.79 Å². The third-order valence-corrected chi connectivity index (χ3v) is 3.67. The van der Waals surface area contributed by atoms with Gasteiger partial charge in [0.25, 0.3) is 5.91 Å². The van der Waals surface area contributed by atoms with Crippen LogP contribution in [0.1, 0.15) is 29.3 Å². The number of amides is 1. The van der Waals surface area contributed by atoms with Crippen LogP contribution in [0.3, 0.4) is 0 Å². The highest BCUT2D eigenvalue weighted by Crippen LogP contribution is 2.18. The van der Waals surface area contributed by atoms with E-state index in [-0.39, 0.29) is 18.6 Å². The highest BCUT2D eigenvalue weighted by atomic mass is 16.5. The van der Waals surface area contributed by atoms with Crippen LogP contribution in [0, 0.1) is 6.92 Å². The molecule has 21 heavy (non-hydrogen) atoms. The van der Waals surface area contributed by atoms with Gasteiger partial charge in [-0.3, -0.25) is 4.79 Å². The lowest BCUT2D eigenvalue weighted by Gasteiger charge is -2.32. The molecule has 1 atom stereocenters. The molecule has 1 fully saturated rings. The molecule has 0 bridgehead atoms. The van der Waals surface area contributed by atoms with Crippen LogP contribution in [-0.2, 0) is 4.74 Å². The first-order valence-electron chi connectivity index (χ1n) is 7.52. The Morgan fingerprint density at radius 2 is 2.33 bits per heavy atom. The van der Waals surface area contributed by atoms with Crippen LogP contribution >= 0.6 is 0 Å². The third-order valence-electron chi connectivity index (χ3n) is 3.67. The van der Waals surface area contributed by atoms with Crippen molar-refractivity contribution in [2.45, 2.75) is 26.4 Å². The predicted molar refractivity (Wildman–Crippen MR) is 82.7 cm³/mol. The summed E-state index contributed by atoms with van der Waals surface area (Å²) in [4.78, 5) is 14.3. The predicted octanol–water partition coefficient (Wildman–Crippen LogP) is 1.65. The van der Waals surface area contributed by atoms with Crippen molar-refractivity contribution in [3.8, 4) is 0 Å². The second-order valence-electron chi connectivity index (χ2n) is 5.38. The lowest BCUT2D eigenvalue weighted by Crippen LogP contribution is -2.47. The molecule has 1 aromatic rings. The molecule has 2 rings (SSSR count). The molecule has 0 radical (unpaired) electrons. The van der Waals surface area contributed by atoms with E-state index >= 15 is 0 Å². The van der Waals surface area contributed by atoms with Crippen LogP contribution in [-0.4, -0.2) is 54.9 Å². The van der Waals surface area contributed by atoms with Crippen molar-refractivity contribution >= 4 is 11.6 Å². The summed E-state index contributed by atoms with van der Waals surface area (Å²) in [5.74, 6) is 0.0105. The van der Waals surface area contributed by atoms with Gasteiger partial charge in [-0.1, -0.05) is 6.92 Å². The Balaban J connectivity index is 2.08. The number of rotatable bonds is 5. The van der Waals surface area contributed by atoms with Crippen molar-refractivity contribution in [2.24, 2.45) is 0 Å². The Hall–Kier alpha value is -1.59. The fourth-order valence-corrected chi connectivity index (χ4v) is 2.47. The number of hydrogen-bond acceptors (Lipinski definition) is 4. The Labute approximate surface area is 125 Å². The average Bonchev–Trinajstić information content (AvgIpc) is 2.52. The van der Waals surface area contributed by atoms with E-state index in [0.29, 0.717) is 19.7 Å². The minimum Gasteiger partial charge on any atom is -0.394 e. The summed E-state index contributed by atoms with van der Waals surface area (Å²) in [6.45, 7) is 6.44. The maximum absolute atomic E-state index is 12.6. The molecule has 0 aliphatic carbocycles. The molecular formula is C16H24N2O3. The normalized spacial score (nSPS) is 18.6. The second-order valence-corrected chi connectivity index (χ2v) is 5.38. The fraction of sp³-hybridized carbons (Fsp3) is 0.562. The summed E-state index contributed by atoms with van der Waals surface area (Å²) >= 11 is 0. The number of aliphatic hydroxyl groups is 1. The van der Waals surface area contributed by atoms with Gasteiger partial charge in [-0.25, -0.2) is 0 Å². The summed E-state index contributed by atoms with van der Waals surface area (Å²) in [5, 5.41) is 12.5. The SMILES string of the molecule is CCCNc1ccc(C(=O)N2CCOC(CO)C2)c(C)c1. The number of benzene rings is 1. The van der Waals surface area contributed by atoms with Gasteiger partial charge in [0.2, 0.25) is 0 Å². The minimum atomic E-state index is -0.270. The van der Waals surface area contributed by atoms with Gasteiger partial charge in [0.15, 0.2) is 0 Å². The minimum absolute atomic E-state index is 0.0105. The molecule has 0 spiro atoms. The molecule has 1 unspecified atom stereocenters. The molecule has 1 amide bonds. The van der Waals surface area contributed by atoms with Gasteiger partial charge in [0.05, 0.1) is 19.3 Å². The third kappa shape index (κ3) is 3.95. The van der Waals surface area contributed by atoms with Crippen LogP contribution in [0.25, 0.3) is 0 Å². The monoisotopic (exact) mass is 292 g/mol. The Morgan fingerprint density at radius 1 is 1.52 bits per heavy atom. The van der Waals surface area contributed by atoms with E-state index < -0.39 is 0 Å². The van der Waals surface area contributed by atoms with Gasteiger partial charge >= 0.3 is 0 Å². The molecule has 1 aliphatic rings.